The molecule has 0 heterocycles. The summed E-state index contributed by atoms with van der Waals surface area (Å²) < 4.78 is 5.07. The van der Waals surface area contributed by atoms with Crippen LogP contribution < -0.4 is 0 Å². The minimum absolute atomic E-state index is 0.0950. The second kappa shape index (κ2) is 4.94. The Morgan fingerprint density at radius 3 is 2.36 bits per heavy atom. The molecule has 0 aliphatic heterocycles. The van der Waals surface area contributed by atoms with E-state index in [4.69, 9.17) is 4.74 Å². The number of hydrogen-bond donors (Lipinski definition) is 0. The van der Waals surface area contributed by atoms with Crippen molar-refractivity contribution in [2.24, 2.45) is 0 Å². The summed E-state index contributed by atoms with van der Waals surface area (Å²) in [7, 11) is 0. The highest BCUT2D eigenvalue weighted by molar-refractivity contribution is 5.69. The fraction of sp³-hybridized carbons (Fsp3) is 0.667. The Labute approximate surface area is 68.2 Å². The topological polar surface area (TPSA) is 26.3 Å². The van der Waals surface area contributed by atoms with Crippen molar-refractivity contribution in [3.63, 3.8) is 0 Å². The van der Waals surface area contributed by atoms with Gasteiger partial charge in [-0.25, -0.2) is 0 Å². The first-order valence-electron chi connectivity index (χ1n) is 3.96. The third kappa shape index (κ3) is 3.81. The van der Waals surface area contributed by atoms with Crippen LogP contribution in [0.4, 0.5) is 0 Å². The van der Waals surface area contributed by atoms with Crippen LogP contribution in [0.25, 0.3) is 0 Å². The Balaban J connectivity index is 3.88. The molecule has 2 heteroatoms. The van der Waals surface area contributed by atoms with Crippen molar-refractivity contribution >= 4 is 5.97 Å². The largest absolute Gasteiger partial charge is 0.458 e. The van der Waals surface area contributed by atoms with Gasteiger partial charge in [0, 0.05) is 6.42 Å². The number of carbonyl (C=O) groups excluding carboxylic acids is 1. The highest BCUT2D eigenvalue weighted by atomic mass is 16.5. The van der Waals surface area contributed by atoms with Gasteiger partial charge in [0.05, 0.1) is 0 Å². The number of carbonyl (C=O) groups is 1. The molecular formula is C9H16O2. The molecule has 0 aromatic carbocycles. The van der Waals surface area contributed by atoms with Crippen LogP contribution in [0.2, 0.25) is 0 Å². The smallest absolute Gasteiger partial charge is 0.306 e. The average molecular weight is 156 g/mol. The predicted octanol–water partition coefficient (Wildman–Crippen LogP) is 2.29. The van der Waals surface area contributed by atoms with Gasteiger partial charge in [-0.05, 0) is 18.9 Å². The Kier molecular flexibility index (Phi) is 4.59. The van der Waals surface area contributed by atoms with Gasteiger partial charge in [0.25, 0.3) is 0 Å². The molecule has 0 amide bonds. The molecule has 0 N–H and O–H groups in total. The summed E-state index contributed by atoms with van der Waals surface area (Å²) in [5, 5.41) is 0. The van der Waals surface area contributed by atoms with Crippen LogP contribution in [-0.4, -0.2) is 12.1 Å². The minimum Gasteiger partial charge on any atom is -0.458 e. The van der Waals surface area contributed by atoms with Crippen LogP contribution in [0.15, 0.2) is 12.2 Å². The number of ether oxygens (including phenoxy) is 1. The van der Waals surface area contributed by atoms with Crippen LogP contribution in [0.5, 0.6) is 0 Å². The Hall–Kier alpha value is -0.790. The van der Waals surface area contributed by atoms with Crippen molar-refractivity contribution in [3.05, 3.63) is 12.2 Å². The van der Waals surface area contributed by atoms with E-state index in [0.717, 1.165) is 12.0 Å². The van der Waals surface area contributed by atoms with Gasteiger partial charge in [-0.1, -0.05) is 20.4 Å². The molecule has 0 rings (SSSR count). The fourth-order valence-electron chi connectivity index (χ4n) is 0.774. The molecule has 0 bridgehead atoms. The lowest BCUT2D eigenvalue weighted by Crippen LogP contribution is -2.17. The molecule has 0 aromatic heterocycles. The van der Waals surface area contributed by atoms with E-state index in [2.05, 4.69) is 6.58 Å². The molecule has 0 aromatic rings. The van der Waals surface area contributed by atoms with Crippen LogP contribution in [0.1, 0.15) is 33.6 Å². The molecule has 2 nitrogen and oxygen atoms in total. The first-order valence-corrected chi connectivity index (χ1v) is 3.96. The van der Waals surface area contributed by atoms with Gasteiger partial charge in [0.15, 0.2) is 0 Å². The molecule has 11 heavy (non-hydrogen) atoms. The lowest BCUT2D eigenvalue weighted by Gasteiger charge is -2.14. The van der Waals surface area contributed by atoms with Gasteiger partial charge in [-0.2, -0.15) is 0 Å². The summed E-state index contributed by atoms with van der Waals surface area (Å²) in [5.74, 6) is -0.153. The first kappa shape index (κ1) is 10.2. The van der Waals surface area contributed by atoms with Crippen molar-refractivity contribution < 1.29 is 9.53 Å². The number of esters is 1. The van der Waals surface area contributed by atoms with Gasteiger partial charge in [-0.15, -0.1) is 0 Å². The normalized spacial score (nSPS) is 12.3. The zero-order valence-corrected chi connectivity index (χ0v) is 7.52. The van der Waals surface area contributed by atoms with Crippen LogP contribution in [-0.2, 0) is 9.53 Å². The monoisotopic (exact) mass is 156 g/mol. The highest BCUT2D eigenvalue weighted by Gasteiger charge is 2.10. The first-order chi connectivity index (χ1) is 5.11. The molecule has 0 aliphatic carbocycles. The van der Waals surface area contributed by atoms with Gasteiger partial charge < -0.3 is 4.74 Å². The van der Waals surface area contributed by atoms with Crippen LogP contribution in [0, 0.1) is 0 Å². The number of hydrogen-bond acceptors (Lipinski definition) is 2. The third-order valence-electron chi connectivity index (χ3n) is 1.48. The van der Waals surface area contributed by atoms with Crippen molar-refractivity contribution in [3.8, 4) is 0 Å². The molecular weight excluding hydrogens is 140 g/mol. The van der Waals surface area contributed by atoms with Gasteiger partial charge in [-0.3, -0.25) is 4.79 Å². The molecule has 0 saturated carbocycles. The van der Waals surface area contributed by atoms with E-state index >= 15 is 0 Å². The maximum atomic E-state index is 10.8. The van der Waals surface area contributed by atoms with Crippen molar-refractivity contribution in [1.82, 2.24) is 0 Å². The molecule has 0 radical (unpaired) electrons. The average Bonchev–Trinajstić information content (AvgIpc) is 1.99. The molecule has 0 spiro atoms. The zero-order chi connectivity index (χ0) is 8.85. The van der Waals surface area contributed by atoms with E-state index in [0.29, 0.717) is 6.42 Å². The highest BCUT2D eigenvalue weighted by Crippen LogP contribution is 2.08. The van der Waals surface area contributed by atoms with E-state index < -0.39 is 0 Å². The third-order valence-corrected chi connectivity index (χ3v) is 1.48. The summed E-state index contributed by atoms with van der Waals surface area (Å²) in [5.41, 5.74) is 0.911. The molecule has 1 atom stereocenters. The summed E-state index contributed by atoms with van der Waals surface area (Å²) in [6.45, 7) is 9.37. The maximum absolute atomic E-state index is 10.8. The fourth-order valence-corrected chi connectivity index (χ4v) is 0.774. The van der Waals surface area contributed by atoms with Gasteiger partial charge >= 0.3 is 5.97 Å². The lowest BCUT2D eigenvalue weighted by molar-refractivity contribution is -0.147. The molecule has 0 fully saturated rings. The maximum Gasteiger partial charge on any atom is 0.306 e. The number of rotatable bonds is 4. The van der Waals surface area contributed by atoms with Crippen LogP contribution in [0.3, 0.4) is 0 Å². The van der Waals surface area contributed by atoms with E-state index in [1.54, 1.807) is 6.92 Å². The molecule has 0 unspecified atom stereocenters. The standard InChI is InChI=1S/C9H16O2/c1-5-8(7(3)4)11-9(10)6-2/h8H,3,5-6H2,1-2,4H3/t8-/m1/s1. The van der Waals surface area contributed by atoms with E-state index in [-0.39, 0.29) is 12.1 Å². The van der Waals surface area contributed by atoms with E-state index in [1.807, 2.05) is 13.8 Å². The van der Waals surface area contributed by atoms with Crippen molar-refractivity contribution in [1.29, 1.82) is 0 Å². The lowest BCUT2D eigenvalue weighted by atomic mass is 10.1. The summed E-state index contributed by atoms with van der Waals surface area (Å²) >= 11 is 0. The predicted molar refractivity (Wildman–Crippen MR) is 45.3 cm³/mol. The second-order valence-electron chi connectivity index (χ2n) is 2.59. The van der Waals surface area contributed by atoms with E-state index in [1.165, 1.54) is 0 Å². The van der Waals surface area contributed by atoms with Crippen molar-refractivity contribution in [2.45, 2.75) is 39.7 Å². The summed E-state index contributed by atoms with van der Waals surface area (Å²) in [6.07, 6.45) is 1.15. The minimum atomic E-state index is -0.153. The Morgan fingerprint density at radius 1 is 1.55 bits per heavy atom. The molecule has 64 valence electrons. The Bertz CT molecular complexity index is 150. The zero-order valence-electron chi connectivity index (χ0n) is 7.52. The summed E-state index contributed by atoms with van der Waals surface area (Å²) in [6, 6.07) is 0. The van der Waals surface area contributed by atoms with Crippen molar-refractivity contribution in [2.75, 3.05) is 0 Å². The van der Waals surface area contributed by atoms with E-state index in [9.17, 15) is 4.79 Å². The van der Waals surface area contributed by atoms with Gasteiger partial charge in [0.1, 0.15) is 6.10 Å². The molecule has 0 aliphatic rings. The summed E-state index contributed by atoms with van der Waals surface area (Å²) in [4.78, 5) is 10.8. The van der Waals surface area contributed by atoms with Crippen LogP contribution >= 0.6 is 0 Å². The second-order valence-corrected chi connectivity index (χ2v) is 2.59. The Morgan fingerprint density at radius 2 is 2.09 bits per heavy atom. The quantitative estimate of drug-likeness (QED) is 0.461. The SMILES string of the molecule is C=C(C)[C@@H](CC)OC(=O)CC. The molecule has 0 saturated heterocycles. The van der Waals surface area contributed by atoms with Gasteiger partial charge in [0.2, 0.25) is 0 Å².